The van der Waals surface area contributed by atoms with Crippen LogP contribution < -0.4 is 0 Å². The number of ether oxygens (including phenoxy) is 1. The number of aromatic nitrogens is 1. The van der Waals surface area contributed by atoms with E-state index in [2.05, 4.69) is 16.0 Å². The molecule has 1 aromatic rings. The van der Waals surface area contributed by atoms with E-state index in [1.54, 1.807) is 10.5 Å². The van der Waals surface area contributed by atoms with Gasteiger partial charge >= 0.3 is 0 Å². The average Bonchev–Trinajstić information content (AvgIpc) is 2.70. The minimum absolute atomic E-state index is 0.0161. The Labute approximate surface area is 132 Å². The fraction of sp³-hybridized carbons (Fsp3) is 0.667. The van der Waals surface area contributed by atoms with Gasteiger partial charge in [0.15, 0.2) is 0 Å². The minimum Gasteiger partial charge on any atom is -0.375 e. The van der Waals surface area contributed by atoms with E-state index >= 15 is 0 Å². The van der Waals surface area contributed by atoms with Gasteiger partial charge in [0.2, 0.25) is 10.0 Å². The highest BCUT2D eigenvalue weighted by molar-refractivity contribution is 7.88. The lowest BCUT2D eigenvalue weighted by Crippen LogP contribution is -2.53. The molecule has 122 valence electrons. The molecule has 0 saturated carbocycles. The third-order valence-electron chi connectivity index (χ3n) is 4.47. The molecular weight excluding hydrogens is 302 g/mol. The molecule has 0 spiro atoms. The summed E-state index contributed by atoms with van der Waals surface area (Å²) in [6.45, 7) is 3.63. The van der Waals surface area contributed by atoms with Crippen LogP contribution in [0.2, 0.25) is 0 Å². The summed E-state index contributed by atoms with van der Waals surface area (Å²) in [7, 11) is -3.16. The maximum absolute atomic E-state index is 12.0. The van der Waals surface area contributed by atoms with Crippen LogP contribution in [-0.4, -0.2) is 67.2 Å². The number of sulfonamides is 1. The van der Waals surface area contributed by atoms with Crippen LogP contribution in [0, 0.1) is 0 Å². The molecule has 2 saturated heterocycles. The Morgan fingerprint density at radius 3 is 2.86 bits per heavy atom. The fourth-order valence-electron chi connectivity index (χ4n) is 3.42. The van der Waals surface area contributed by atoms with Crippen molar-refractivity contribution in [2.24, 2.45) is 0 Å². The molecule has 3 heterocycles. The van der Waals surface area contributed by atoms with E-state index in [1.807, 2.05) is 12.3 Å². The molecule has 1 aromatic heterocycles. The second-order valence-electron chi connectivity index (χ2n) is 6.07. The monoisotopic (exact) mass is 325 g/mol. The van der Waals surface area contributed by atoms with Gasteiger partial charge < -0.3 is 4.74 Å². The lowest BCUT2D eigenvalue weighted by molar-refractivity contribution is -0.0407. The predicted molar refractivity (Wildman–Crippen MR) is 83.8 cm³/mol. The molecule has 2 aliphatic rings. The zero-order chi connectivity index (χ0) is 15.6. The zero-order valence-corrected chi connectivity index (χ0v) is 13.7. The number of morpholine rings is 1. The summed E-state index contributed by atoms with van der Waals surface area (Å²) in [6.07, 6.45) is 6.67. The SMILES string of the molecule is CS(=O)(=O)N1CCO[C@@H]2CCN(Cc3cccnc3)CC[C@H]21. The van der Waals surface area contributed by atoms with E-state index in [4.69, 9.17) is 4.74 Å². The Bertz CT molecular complexity index is 593. The van der Waals surface area contributed by atoms with Crippen molar-refractivity contribution < 1.29 is 13.2 Å². The third kappa shape index (κ3) is 3.65. The predicted octanol–water partition coefficient (Wildman–Crippen LogP) is 0.706. The van der Waals surface area contributed by atoms with E-state index in [9.17, 15) is 8.42 Å². The Morgan fingerprint density at radius 1 is 1.32 bits per heavy atom. The van der Waals surface area contributed by atoms with Crippen molar-refractivity contribution in [2.75, 3.05) is 32.5 Å². The minimum atomic E-state index is -3.16. The van der Waals surface area contributed by atoms with Crippen molar-refractivity contribution >= 4 is 10.0 Å². The van der Waals surface area contributed by atoms with E-state index in [0.29, 0.717) is 13.2 Å². The molecule has 7 heteroatoms. The second-order valence-corrected chi connectivity index (χ2v) is 8.00. The van der Waals surface area contributed by atoms with Gasteiger partial charge in [-0.2, -0.15) is 4.31 Å². The van der Waals surface area contributed by atoms with Gasteiger partial charge in [0, 0.05) is 38.6 Å². The largest absolute Gasteiger partial charge is 0.375 e. The molecule has 0 unspecified atom stereocenters. The van der Waals surface area contributed by atoms with Gasteiger partial charge in [-0.3, -0.25) is 9.88 Å². The van der Waals surface area contributed by atoms with Crippen LogP contribution in [0.5, 0.6) is 0 Å². The Morgan fingerprint density at radius 2 is 2.14 bits per heavy atom. The van der Waals surface area contributed by atoms with Crippen LogP contribution >= 0.6 is 0 Å². The first-order chi connectivity index (χ1) is 10.5. The van der Waals surface area contributed by atoms with Crippen LogP contribution in [-0.2, 0) is 21.3 Å². The van der Waals surface area contributed by atoms with Crippen molar-refractivity contribution in [3.63, 3.8) is 0 Å². The van der Waals surface area contributed by atoms with Crippen molar-refractivity contribution in [2.45, 2.75) is 31.5 Å². The van der Waals surface area contributed by atoms with Crippen LogP contribution in [0.3, 0.4) is 0 Å². The first-order valence-corrected chi connectivity index (χ1v) is 9.58. The fourth-order valence-corrected chi connectivity index (χ4v) is 4.56. The summed E-state index contributed by atoms with van der Waals surface area (Å²) < 4.78 is 31.4. The van der Waals surface area contributed by atoms with Crippen LogP contribution in [0.15, 0.2) is 24.5 Å². The van der Waals surface area contributed by atoms with Gasteiger partial charge in [-0.1, -0.05) is 6.07 Å². The van der Waals surface area contributed by atoms with Gasteiger partial charge in [-0.15, -0.1) is 0 Å². The number of pyridine rings is 1. The quantitative estimate of drug-likeness (QED) is 0.819. The highest BCUT2D eigenvalue weighted by Crippen LogP contribution is 2.26. The maximum Gasteiger partial charge on any atom is 0.211 e. The first-order valence-electron chi connectivity index (χ1n) is 7.74. The molecule has 0 amide bonds. The molecule has 6 nitrogen and oxygen atoms in total. The average molecular weight is 325 g/mol. The van der Waals surface area contributed by atoms with Crippen molar-refractivity contribution in [1.29, 1.82) is 0 Å². The molecule has 0 N–H and O–H groups in total. The summed E-state index contributed by atoms with van der Waals surface area (Å²) in [5.74, 6) is 0. The Balaban J connectivity index is 1.68. The van der Waals surface area contributed by atoms with Crippen LogP contribution in [0.4, 0.5) is 0 Å². The van der Waals surface area contributed by atoms with Gasteiger partial charge in [0.05, 0.1) is 25.0 Å². The van der Waals surface area contributed by atoms with Crippen molar-refractivity contribution in [3.05, 3.63) is 30.1 Å². The summed E-state index contributed by atoms with van der Waals surface area (Å²) in [5.41, 5.74) is 1.19. The molecular formula is C15H23N3O3S. The van der Waals surface area contributed by atoms with Crippen LogP contribution in [0.1, 0.15) is 18.4 Å². The molecule has 0 radical (unpaired) electrons. The second kappa shape index (κ2) is 6.62. The number of hydrogen-bond acceptors (Lipinski definition) is 5. The number of nitrogens with zero attached hydrogens (tertiary/aromatic N) is 3. The number of likely N-dealkylation sites (tertiary alicyclic amines) is 1. The lowest BCUT2D eigenvalue weighted by atomic mass is 10.0. The van der Waals surface area contributed by atoms with Crippen LogP contribution in [0.25, 0.3) is 0 Å². The molecule has 2 atom stereocenters. The molecule has 22 heavy (non-hydrogen) atoms. The normalized spacial score (nSPS) is 28.0. The molecule has 2 fully saturated rings. The third-order valence-corrected chi connectivity index (χ3v) is 5.77. The first kappa shape index (κ1) is 15.9. The summed E-state index contributed by atoms with van der Waals surface area (Å²) in [6, 6.07) is 3.99. The zero-order valence-electron chi connectivity index (χ0n) is 12.9. The molecule has 0 aromatic carbocycles. The van der Waals surface area contributed by atoms with E-state index in [1.165, 1.54) is 11.8 Å². The van der Waals surface area contributed by atoms with Gasteiger partial charge in [0.25, 0.3) is 0 Å². The number of rotatable bonds is 3. The maximum atomic E-state index is 12.0. The van der Waals surface area contributed by atoms with E-state index < -0.39 is 10.0 Å². The van der Waals surface area contributed by atoms with Crippen molar-refractivity contribution in [3.8, 4) is 0 Å². The molecule has 3 rings (SSSR count). The molecule has 2 aliphatic heterocycles. The summed E-state index contributed by atoms with van der Waals surface area (Å²) in [4.78, 5) is 6.51. The highest BCUT2D eigenvalue weighted by Gasteiger charge is 2.38. The highest BCUT2D eigenvalue weighted by atomic mass is 32.2. The molecule has 0 bridgehead atoms. The Kier molecular flexibility index (Phi) is 4.77. The number of fused-ring (bicyclic) bond motifs is 1. The lowest BCUT2D eigenvalue weighted by Gasteiger charge is -2.38. The smallest absolute Gasteiger partial charge is 0.211 e. The summed E-state index contributed by atoms with van der Waals surface area (Å²) >= 11 is 0. The van der Waals surface area contributed by atoms with E-state index in [0.717, 1.165) is 32.5 Å². The standard InChI is InChI=1S/C15H23N3O3S/c1-22(19,20)18-9-10-21-15-5-8-17(7-4-14(15)18)12-13-3-2-6-16-11-13/h2-3,6,11,14-15H,4-5,7-10,12H2,1H3/t14-,15-/m1/s1. The Hall–Kier alpha value is -1.02. The van der Waals surface area contributed by atoms with Gasteiger partial charge in [0.1, 0.15) is 0 Å². The number of hydrogen-bond donors (Lipinski definition) is 0. The molecule has 0 aliphatic carbocycles. The topological polar surface area (TPSA) is 62.7 Å². The summed E-state index contributed by atoms with van der Waals surface area (Å²) in [5, 5.41) is 0. The van der Waals surface area contributed by atoms with E-state index in [-0.39, 0.29) is 12.1 Å². The van der Waals surface area contributed by atoms with Crippen molar-refractivity contribution in [1.82, 2.24) is 14.2 Å². The van der Waals surface area contributed by atoms with Gasteiger partial charge in [-0.05, 0) is 24.5 Å². The van der Waals surface area contributed by atoms with Gasteiger partial charge in [-0.25, -0.2) is 8.42 Å².